The lowest BCUT2D eigenvalue weighted by Crippen LogP contribution is -2.11. The molecule has 25 heavy (non-hydrogen) atoms. The maximum absolute atomic E-state index is 4.69. The minimum atomic E-state index is 0.591. The van der Waals surface area contributed by atoms with Crippen molar-refractivity contribution in [1.82, 2.24) is 9.55 Å². The van der Waals surface area contributed by atoms with E-state index in [9.17, 15) is 0 Å². The molecule has 0 aliphatic carbocycles. The van der Waals surface area contributed by atoms with Crippen LogP contribution in [0.25, 0.3) is 0 Å². The third-order valence-electron chi connectivity index (χ3n) is 5.58. The quantitative estimate of drug-likeness (QED) is 0.276. The van der Waals surface area contributed by atoms with Gasteiger partial charge in [-0.25, -0.2) is 4.98 Å². The van der Waals surface area contributed by atoms with Gasteiger partial charge in [-0.1, -0.05) is 97.8 Å². The van der Waals surface area contributed by atoms with Crippen LogP contribution in [0.1, 0.15) is 135 Å². The first-order chi connectivity index (χ1) is 12.2. The summed E-state index contributed by atoms with van der Waals surface area (Å²) in [5, 5.41) is 0. The van der Waals surface area contributed by atoms with Gasteiger partial charge in [-0.3, -0.25) is 0 Å². The molecule has 2 heteroatoms. The number of aromatic nitrogens is 2. The molecular weight excluding hydrogens is 304 g/mol. The van der Waals surface area contributed by atoms with Crippen LogP contribution >= 0.6 is 0 Å². The number of nitrogens with zero attached hydrogens (tertiary/aromatic N) is 2. The predicted molar refractivity (Wildman–Crippen MR) is 111 cm³/mol. The molecular formula is C23H44N2. The summed E-state index contributed by atoms with van der Waals surface area (Å²) in [6.07, 6.45) is 23.4. The summed E-state index contributed by atoms with van der Waals surface area (Å²) in [7, 11) is 0. The van der Waals surface area contributed by atoms with Gasteiger partial charge in [0, 0.05) is 24.4 Å². The molecule has 146 valence electrons. The zero-order valence-corrected chi connectivity index (χ0v) is 17.6. The van der Waals surface area contributed by atoms with Crippen LogP contribution in [-0.2, 0) is 0 Å². The molecule has 0 aliphatic rings. The van der Waals surface area contributed by atoms with Crippen LogP contribution < -0.4 is 0 Å². The van der Waals surface area contributed by atoms with E-state index in [0.717, 1.165) is 0 Å². The van der Waals surface area contributed by atoms with Crippen LogP contribution in [0.4, 0.5) is 0 Å². The second-order valence-electron chi connectivity index (χ2n) is 8.06. The minimum absolute atomic E-state index is 0.591. The molecule has 1 rings (SSSR count). The molecule has 0 aromatic carbocycles. The Kier molecular flexibility index (Phi) is 12.8. The fraction of sp³-hybridized carbons (Fsp3) is 0.870. The summed E-state index contributed by atoms with van der Waals surface area (Å²) in [5.41, 5.74) is 0. The number of rotatable bonds is 16. The summed E-state index contributed by atoms with van der Waals surface area (Å²) in [5.74, 6) is 1.90. The molecule has 0 spiro atoms. The van der Waals surface area contributed by atoms with Gasteiger partial charge in [0.25, 0.3) is 0 Å². The van der Waals surface area contributed by atoms with Crippen LogP contribution in [0.5, 0.6) is 0 Å². The van der Waals surface area contributed by atoms with Gasteiger partial charge in [-0.15, -0.1) is 0 Å². The Morgan fingerprint density at radius 1 is 0.760 bits per heavy atom. The molecule has 0 aliphatic heterocycles. The standard InChI is InChI=1S/C23H44N2/c1-5-7-9-11-12-13-14-15-17-21(3)23-24-19-20-25(23)22(4)18-16-10-8-6-2/h19-22H,5-18H2,1-4H3. The van der Waals surface area contributed by atoms with Crippen molar-refractivity contribution in [2.75, 3.05) is 0 Å². The highest BCUT2D eigenvalue weighted by molar-refractivity contribution is 5.00. The largest absolute Gasteiger partial charge is 0.332 e. The first-order valence-electron chi connectivity index (χ1n) is 11.2. The molecule has 0 bridgehead atoms. The second-order valence-corrected chi connectivity index (χ2v) is 8.06. The van der Waals surface area contributed by atoms with Crippen molar-refractivity contribution < 1.29 is 0 Å². The molecule has 0 saturated heterocycles. The van der Waals surface area contributed by atoms with E-state index in [1.165, 1.54) is 95.7 Å². The lowest BCUT2D eigenvalue weighted by atomic mass is 10.00. The van der Waals surface area contributed by atoms with Crippen molar-refractivity contribution in [1.29, 1.82) is 0 Å². The van der Waals surface area contributed by atoms with Crippen molar-refractivity contribution in [3.8, 4) is 0 Å². The SMILES string of the molecule is CCCCCCCCCCC(C)c1nccn1C(C)CCCCCC. The average molecular weight is 349 g/mol. The lowest BCUT2D eigenvalue weighted by molar-refractivity contribution is 0.439. The summed E-state index contributed by atoms with van der Waals surface area (Å²) in [6.45, 7) is 9.30. The second kappa shape index (κ2) is 14.4. The van der Waals surface area contributed by atoms with Crippen molar-refractivity contribution in [3.63, 3.8) is 0 Å². The van der Waals surface area contributed by atoms with Gasteiger partial charge < -0.3 is 4.57 Å². The molecule has 1 aromatic rings. The molecule has 0 N–H and O–H groups in total. The highest BCUT2D eigenvalue weighted by atomic mass is 15.1. The van der Waals surface area contributed by atoms with Crippen molar-refractivity contribution in [3.05, 3.63) is 18.2 Å². The van der Waals surface area contributed by atoms with Gasteiger partial charge in [0.05, 0.1) is 0 Å². The minimum Gasteiger partial charge on any atom is -0.332 e. The van der Waals surface area contributed by atoms with Gasteiger partial charge in [-0.05, 0) is 19.8 Å². The summed E-state index contributed by atoms with van der Waals surface area (Å²) < 4.78 is 2.45. The topological polar surface area (TPSA) is 17.8 Å². The van der Waals surface area contributed by atoms with Gasteiger partial charge in [-0.2, -0.15) is 0 Å². The number of hydrogen-bond acceptors (Lipinski definition) is 1. The molecule has 2 atom stereocenters. The smallest absolute Gasteiger partial charge is 0.111 e. The molecule has 0 saturated carbocycles. The highest BCUT2D eigenvalue weighted by Crippen LogP contribution is 2.25. The molecule has 2 unspecified atom stereocenters. The Morgan fingerprint density at radius 3 is 1.92 bits per heavy atom. The van der Waals surface area contributed by atoms with Crippen molar-refractivity contribution in [2.45, 2.75) is 130 Å². The molecule has 1 aromatic heterocycles. The Labute approximate surface area is 157 Å². The maximum atomic E-state index is 4.69. The highest BCUT2D eigenvalue weighted by Gasteiger charge is 2.15. The Morgan fingerprint density at radius 2 is 1.28 bits per heavy atom. The van der Waals surface area contributed by atoms with E-state index >= 15 is 0 Å². The van der Waals surface area contributed by atoms with Crippen molar-refractivity contribution in [2.24, 2.45) is 0 Å². The van der Waals surface area contributed by atoms with Crippen LogP contribution in [0.3, 0.4) is 0 Å². The van der Waals surface area contributed by atoms with Crippen LogP contribution in [0, 0.1) is 0 Å². The molecule has 1 heterocycles. The molecule has 0 fully saturated rings. The summed E-state index contributed by atoms with van der Waals surface area (Å²) >= 11 is 0. The fourth-order valence-electron chi connectivity index (χ4n) is 3.80. The van der Waals surface area contributed by atoms with E-state index in [1.807, 2.05) is 6.20 Å². The summed E-state index contributed by atoms with van der Waals surface area (Å²) in [4.78, 5) is 4.69. The first kappa shape index (κ1) is 22.3. The van der Waals surface area contributed by atoms with Crippen LogP contribution in [0.2, 0.25) is 0 Å². The Bertz CT molecular complexity index is 410. The molecule has 0 radical (unpaired) electrons. The number of imidazole rings is 1. The zero-order valence-electron chi connectivity index (χ0n) is 17.6. The predicted octanol–water partition coefficient (Wildman–Crippen LogP) is 8.05. The molecule has 2 nitrogen and oxygen atoms in total. The van der Waals surface area contributed by atoms with E-state index < -0.39 is 0 Å². The van der Waals surface area contributed by atoms with Crippen molar-refractivity contribution >= 4 is 0 Å². The van der Waals surface area contributed by atoms with Gasteiger partial charge in [0.2, 0.25) is 0 Å². The third kappa shape index (κ3) is 9.47. The maximum Gasteiger partial charge on any atom is 0.111 e. The lowest BCUT2D eigenvalue weighted by Gasteiger charge is -2.20. The van der Waals surface area contributed by atoms with Gasteiger partial charge in [0.1, 0.15) is 5.82 Å². The number of unbranched alkanes of at least 4 members (excludes halogenated alkanes) is 10. The van der Waals surface area contributed by atoms with Crippen LogP contribution in [-0.4, -0.2) is 9.55 Å². The van der Waals surface area contributed by atoms with E-state index in [2.05, 4.69) is 38.5 Å². The third-order valence-corrected chi connectivity index (χ3v) is 5.58. The Balaban J connectivity index is 2.24. The Hall–Kier alpha value is -0.790. The molecule has 0 amide bonds. The van der Waals surface area contributed by atoms with Gasteiger partial charge >= 0.3 is 0 Å². The average Bonchev–Trinajstić information content (AvgIpc) is 3.10. The van der Waals surface area contributed by atoms with Crippen LogP contribution in [0.15, 0.2) is 12.4 Å². The van der Waals surface area contributed by atoms with E-state index in [0.29, 0.717) is 12.0 Å². The first-order valence-corrected chi connectivity index (χ1v) is 11.2. The zero-order chi connectivity index (χ0) is 18.3. The monoisotopic (exact) mass is 348 g/mol. The van der Waals surface area contributed by atoms with E-state index in [4.69, 9.17) is 4.98 Å². The fourth-order valence-corrected chi connectivity index (χ4v) is 3.80. The van der Waals surface area contributed by atoms with E-state index in [-0.39, 0.29) is 0 Å². The summed E-state index contributed by atoms with van der Waals surface area (Å²) in [6, 6.07) is 0.593. The van der Waals surface area contributed by atoms with E-state index in [1.54, 1.807) is 0 Å². The van der Waals surface area contributed by atoms with Gasteiger partial charge in [0.15, 0.2) is 0 Å². The number of hydrogen-bond donors (Lipinski definition) is 0. The normalized spacial score (nSPS) is 13.9.